The summed E-state index contributed by atoms with van der Waals surface area (Å²) in [4.78, 5) is 14.5. The van der Waals surface area contributed by atoms with Gasteiger partial charge in [-0.3, -0.25) is 0 Å². The van der Waals surface area contributed by atoms with E-state index in [9.17, 15) is 15.0 Å². The Morgan fingerprint density at radius 1 is 1.00 bits per heavy atom. The van der Waals surface area contributed by atoms with Gasteiger partial charge in [0, 0.05) is 25.0 Å². The number of benzene rings is 1. The summed E-state index contributed by atoms with van der Waals surface area (Å²) in [6.45, 7) is 1.55. The van der Waals surface area contributed by atoms with Crippen LogP contribution in [0.15, 0.2) is 30.3 Å². The van der Waals surface area contributed by atoms with E-state index in [0.29, 0.717) is 38.9 Å². The Labute approximate surface area is 156 Å². The van der Waals surface area contributed by atoms with E-state index in [-0.39, 0.29) is 18.1 Å². The molecule has 3 N–H and O–H groups in total. The van der Waals surface area contributed by atoms with Crippen molar-refractivity contribution < 1.29 is 15.0 Å². The number of rotatable bonds is 4. The highest BCUT2D eigenvalue weighted by Gasteiger charge is 2.35. The van der Waals surface area contributed by atoms with E-state index < -0.39 is 5.60 Å². The van der Waals surface area contributed by atoms with Gasteiger partial charge in [0.15, 0.2) is 0 Å². The van der Waals surface area contributed by atoms with E-state index in [1.807, 2.05) is 6.07 Å². The molecule has 144 valence electrons. The third-order valence-corrected chi connectivity index (χ3v) is 6.27. The second-order valence-electron chi connectivity index (χ2n) is 8.09. The number of amides is 2. The molecule has 1 aliphatic heterocycles. The van der Waals surface area contributed by atoms with Crippen LogP contribution in [0.25, 0.3) is 0 Å². The smallest absolute Gasteiger partial charge is 0.317 e. The molecule has 3 rings (SSSR count). The maximum Gasteiger partial charge on any atom is 0.317 e. The van der Waals surface area contributed by atoms with Gasteiger partial charge >= 0.3 is 6.03 Å². The molecule has 2 amide bonds. The second-order valence-corrected chi connectivity index (χ2v) is 8.09. The van der Waals surface area contributed by atoms with Crippen molar-refractivity contribution in [2.45, 2.75) is 62.4 Å². The van der Waals surface area contributed by atoms with E-state index in [1.165, 1.54) is 24.8 Å². The largest absolute Gasteiger partial charge is 0.393 e. The molecule has 1 unspecified atom stereocenters. The lowest BCUT2D eigenvalue weighted by Gasteiger charge is -2.38. The van der Waals surface area contributed by atoms with Crippen LogP contribution in [0.2, 0.25) is 0 Å². The lowest BCUT2D eigenvalue weighted by molar-refractivity contribution is -0.0248. The van der Waals surface area contributed by atoms with Crippen molar-refractivity contribution in [2.75, 3.05) is 26.2 Å². The van der Waals surface area contributed by atoms with Gasteiger partial charge in [-0.15, -0.1) is 0 Å². The summed E-state index contributed by atoms with van der Waals surface area (Å²) < 4.78 is 0. The molecule has 26 heavy (non-hydrogen) atoms. The van der Waals surface area contributed by atoms with Crippen molar-refractivity contribution in [1.29, 1.82) is 0 Å². The number of aliphatic hydroxyl groups is 2. The zero-order valence-electron chi connectivity index (χ0n) is 15.6. The highest BCUT2D eigenvalue weighted by atomic mass is 16.3. The molecule has 1 atom stereocenters. The van der Waals surface area contributed by atoms with E-state index in [0.717, 1.165) is 12.8 Å². The fraction of sp³-hybridized carbons (Fsp3) is 0.667. The number of hydrogen-bond acceptors (Lipinski definition) is 3. The molecule has 0 radical (unpaired) electrons. The van der Waals surface area contributed by atoms with Gasteiger partial charge in [0.2, 0.25) is 0 Å². The Balaban J connectivity index is 1.63. The number of nitrogens with zero attached hydrogens (tertiary/aromatic N) is 1. The van der Waals surface area contributed by atoms with Gasteiger partial charge < -0.3 is 20.4 Å². The van der Waals surface area contributed by atoms with Crippen LogP contribution in [-0.2, 0) is 5.41 Å². The number of carbonyl (C=O) groups is 1. The first-order chi connectivity index (χ1) is 12.6. The molecule has 0 aromatic heterocycles. The Kier molecular flexibility index (Phi) is 6.20. The molecule has 2 aliphatic rings. The molecular formula is C21H32N2O3. The first kappa shape index (κ1) is 19.2. The van der Waals surface area contributed by atoms with Crippen molar-refractivity contribution in [3.05, 3.63) is 35.9 Å². The van der Waals surface area contributed by atoms with E-state index >= 15 is 0 Å². The Hall–Kier alpha value is -1.59. The van der Waals surface area contributed by atoms with Gasteiger partial charge in [0.1, 0.15) is 0 Å². The van der Waals surface area contributed by atoms with Crippen molar-refractivity contribution in [3.63, 3.8) is 0 Å². The number of carbonyl (C=O) groups excluding carboxylic acids is 1. The number of nitrogens with one attached hydrogen (secondary N) is 1. The molecule has 0 bridgehead atoms. The standard InChI is InChI=1S/C21H32N2O3/c24-17-21(26)12-7-14-23(15-13-21)19(25)22-16-20(10-5-2-6-11-20)18-8-3-1-4-9-18/h1,3-4,8-9,24,26H,2,5-7,10-17H2,(H,22,25). The quantitative estimate of drug-likeness (QED) is 0.773. The minimum Gasteiger partial charge on any atom is -0.393 e. The summed E-state index contributed by atoms with van der Waals surface area (Å²) in [5, 5.41) is 22.8. The van der Waals surface area contributed by atoms with Crippen molar-refractivity contribution in [1.82, 2.24) is 10.2 Å². The molecule has 0 spiro atoms. The van der Waals surface area contributed by atoms with Crippen LogP contribution >= 0.6 is 0 Å². The molecule has 1 heterocycles. The van der Waals surface area contributed by atoms with Gasteiger partial charge in [-0.05, 0) is 37.7 Å². The molecule has 1 aromatic carbocycles. The molecule has 1 saturated carbocycles. The molecule has 2 fully saturated rings. The van der Waals surface area contributed by atoms with Gasteiger partial charge in [-0.1, -0.05) is 49.6 Å². The Morgan fingerprint density at radius 2 is 1.73 bits per heavy atom. The van der Waals surface area contributed by atoms with Crippen molar-refractivity contribution in [3.8, 4) is 0 Å². The van der Waals surface area contributed by atoms with Crippen LogP contribution in [0.1, 0.15) is 56.9 Å². The van der Waals surface area contributed by atoms with Crippen LogP contribution in [-0.4, -0.2) is 53.0 Å². The summed E-state index contributed by atoms with van der Waals surface area (Å²) in [6, 6.07) is 10.5. The summed E-state index contributed by atoms with van der Waals surface area (Å²) in [6.07, 6.45) is 7.60. The minimum atomic E-state index is -1.04. The van der Waals surface area contributed by atoms with Crippen LogP contribution in [0.3, 0.4) is 0 Å². The maximum atomic E-state index is 12.7. The third-order valence-electron chi connectivity index (χ3n) is 6.27. The Morgan fingerprint density at radius 3 is 2.42 bits per heavy atom. The van der Waals surface area contributed by atoms with Crippen molar-refractivity contribution in [2.24, 2.45) is 0 Å². The fourth-order valence-corrected chi connectivity index (χ4v) is 4.48. The predicted octanol–water partition coefficient (Wildman–Crippen LogP) is 2.81. The van der Waals surface area contributed by atoms with E-state index in [2.05, 4.69) is 29.6 Å². The minimum absolute atomic E-state index is 0.0346. The van der Waals surface area contributed by atoms with Crippen LogP contribution < -0.4 is 5.32 Å². The highest BCUT2D eigenvalue weighted by molar-refractivity contribution is 5.74. The second kappa shape index (κ2) is 8.40. The number of aliphatic hydroxyl groups excluding tert-OH is 1. The topological polar surface area (TPSA) is 72.8 Å². The summed E-state index contributed by atoms with van der Waals surface area (Å²) in [5.41, 5.74) is 0.321. The van der Waals surface area contributed by atoms with Crippen LogP contribution in [0, 0.1) is 0 Å². The predicted molar refractivity (Wildman–Crippen MR) is 102 cm³/mol. The van der Waals surface area contributed by atoms with Gasteiger partial charge in [0.05, 0.1) is 12.2 Å². The van der Waals surface area contributed by atoms with Gasteiger partial charge in [-0.25, -0.2) is 4.79 Å². The lowest BCUT2D eigenvalue weighted by Crippen LogP contribution is -2.48. The maximum absolute atomic E-state index is 12.7. The molecule has 1 aliphatic carbocycles. The fourth-order valence-electron chi connectivity index (χ4n) is 4.48. The zero-order valence-corrected chi connectivity index (χ0v) is 15.6. The average molecular weight is 360 g/mol. The summed E-state index contributed by atoms with van der Waals surface area (Å²) in [7, 11) is 0. The number of urea groups is 1. The Bertz CT molecular complexity index is 586. The third kappa shape index (κ3) is 4.38. The average Bonchev–Trinajstić information content (AvgIpc) is 2.90. The van der Waals surface area contributed by atoms with Crippen LogP contribution in [0.4, 0.5) is 4.79 Å². The SMILES string of the molecule is O=C(NCC1(c2ccccc2)CCCCC1)N1CCCC(O)(CO)CC1. The highest BCUT2D eigenvalue weighted by Crippen LogP contribution is 2.39. The first-order valence-corrected chi connectivity index (χ1v) is 9.99. The van der Waals surface area contributed by atoms with Gasteiger partial charge in [-0.2, -0.15) is 0 Å². The van der Waals surface area contributed by atoms with E-state index in [1.54, 1.807) is 4.90 Å². The normalized spacial score (nSPS) is 26.2. The molecule has 1 saturated heterocycles. The summed E-state index contributed by atoms with van der Waals surface area (Å²) >= 11 is 0. The number of hydrogen-bond donors (Lipinski definition) is 3. The molecule has 1 aromatic rings. The monoisotopic (exact) mass is 360 g/mol. The number of likely N-dealkylation sites (tertiary alicyclic amines) is 1. The van der Waals surface area contributed by atoms with Crippen LogP contribution in [0.5, 0.6) is 0 Å². The summed E-state index contributed by atoms with van der Waals surface area (Å²) in [5.74, 6) is 0. The lowest BCUT2D eigenvalue weighted by atomic mass is 9.69. The zero-order chi connectivity index (χ0) is 18.5. The van der Waals surface area contributed by atoms with Gasteiger partial charge in [0.25, 0.3) is 0 Å². The molecule has 5 heteroatoms. The van der Waals surface area contributed by atoms with Crippen molar-refractivity contribution >= 4 is 6.03 Å². The van der Waals surface area contributed by atoms with E-state index in [4.69, 9.17) is 0 Å². The first-order valence-electron chi connectivity index (χ1n) is 9.99. The molecular weight excluding hydrogens is 328 g/mol. The molecule has 5 nitrogen and oxygen atoms in total.